The van der Waals surface area contributed by atoms with Crippen molar-refractivity contribution < 1.29 is 28.7 Å². The van der Waals surface area contributed by atoms with E-state index in [-0.39, 0.29) is 23.9 Å². The van der Waals surface area contributed by atoms with Crippen LogP contribution in [0, 0.1) is 5.92 Å². The van der Waals surface area contributed by atoms with E-state index in [0.717, 1.165) is 4.90 Å². The lowest BCUT2D eigenvalue weighted by atomic mass is 9.96. The minimum Gasteiger partial charge on any atom is -0.427 e. The molecule has 1 fully saturated rings. The molecule has 2 heterocycles. The van der Waals surface area contributed by atoms with Gasteiger partial charge in [0.25, 0.3) is 17.7 Å². The third-order valence-corrected chi connectivity index (χ3v) is 6.56. The molecule has 0 saturated carbocycles. The molecule has 182 valence electrons. The Morgan fingerprint density at radius 1 is 1.03 bits per heavy atom. The molecule has 1 saturated heterocycles. The van der Waals surface area contributed by atoms with Crippen LogP contribution in [0.25, 0.3) is 0 Å². The molecule has 0 atom stereocenters. The highest BCUT2D eigenvalue weighted by atomic mass is 79.9. The highest BCUT2D eigenvalue weighted by Crippen LogP contribution is 2.26. The van der Waals surface area contributed by atoms with Crippen molar-refractivity contribution in [3.05, 3.63) is 63.6 Å². The van der Waals surface area contributed by atoms with E-state index in [0.29, 0.717) is 53.8 Å². The smallest absolute Gasteiger partial charge is 0.308 e. The van der Waals surface area contributed by atoms with E-state index in [9.17, 15) is 24.0 Å². The van der Waals surface area contributed by atoms with Crippen LogP contribution in [-0.2, 0) is 9.59 Å². The van der Waals surface area contributed by atoms with E-state index in [1.807, 2.05) is 0 Å². The molecule has 0 aromatic heterocycles. The van der Waals surface area contributed by atoms with Crippen LogP contribution in [0.5, 0.6) is 5.75 Å². The number of hydrogen-bond donors (Lipinski definition) is 1. The van der Waals surface area contributed by atoms with Gasteiger partial charge in [-0.2, -0.15) is 0 Å². The van der Waals surface area contributed by atoms with Gasteiger partial charge in [-0.05, 0) is 55.2 Å². The fourth-order valence-electron chi connectivity index (χ4n) is 4.25. The Kier molecular flexibility index (Phi) is 7.30. The maximum atomic E-state index is 12.8. The minimum atomic E-state index is -0.481. The van der Waals surface area contributed by atoms with Gasteiger partial charge in [0, 0.05) is 36.6 Å². The van der Waals surface area contributed by atoms with Gasteiger partial charge in [-0.25, -0.2) is 0 Å². The van der Waals surface area contributed by atoms with Crippen LogP contribution in [0.3, 0.4) is 0 Å². The monoisotopic (exact) mass is 541 g/mol. The Morgan fingerprint density at radius 3 is 2.46 bits per heavy atom. The Morgan fingerprint density at radius 2 is 1.74 bits per heavy atom. The number of halogens is 1. The Labute approximate surface area is 210 Å². The number of carbonyl (C=O) groups is 5. The Bertz CT molecular complexity index is 1210. The molecule has 2 aliphatic rings. The van der Waals surface area contributed by atoms with Crippen LogP contribution >= 0.6 is 15.9 Å². The third kappa shape index (κ3) is 5.59. The zero-order chi connectivity index (χ0) is 25.1. The molecule has 1 N–H and O–H groups in total. The van der Waals surface area contributed by atoms with Gasteiger partial charge in [-0.1, -0.05) is 22.0 Å². The van der Waals surface area contributed by atoms with Crippen molar-refractivity contribution in [3.8, 4) is 5.75 Å². The molecule has 10 heteroatoms. The molecule has 0 aliphatic carbocycles. The minimum absolute atomic E-state index is 0.140. The molecule has 0 bridgehead atoms. The second kappa shape index (κ2) is 10.4. The van der Waals surface area contributed by atoms with Crippen LogP contribution in [0.15, 0.2) is 46.9 Å². The molecule has 0 spiro atoms. The van der Waals surface area contributed by atoms with Gasteiger partial charge in [-0.15, -0.1) is 0 Å². The van der Waals surface area contributed by atoms with Crippen molar-refractivity contribution in [1.29, 1.82) is 0 Å². The molecular formula is C25H24BrN3O6. The molecule has 4 amide bonds. The van der Waals surface area contributed by atoms with Crippen LogP contribution in [0.1, 0.15) is 50.8 Å². The van der Waals surface area contributed by atoms with Gasteiger partial charge in [0.2, 0.25) is 5.91 Å². The number of amides is 4. The van der Waals surface area contributed by atoms with E-state index in [1.165, 1.54) is 6.92 Å². The summed E-state index contributed by atoms with van der Waals surface area (Å²) in [5.74, 6) is -1.45. The number of benzene rings is 2. The summed E-state index contributed by atoms with van der Waals surface area (Å²) in [5, 5.41) is 2.81. The van der Waals surface area contributed by atoms with Crippen molar-refractivity contribution in [2.45, 2.75) is 19.8 Å². The number of piperidine rings is 1. The average Bonchev–Trinajstić information content (AvgIpc) is 3.06. The zero-order valence-corrected chi connectivity index (χ0v) is 20.7. The first kappa shape index (κ1) is 24.6. The van der Waals surface area contributed by atoms with E-state index >= 15 is 0 Å². The normalized spacial score (nSPS) is 15.7. The summed E-state index contributed by atoms with van der Waals surface area (Å²) in [6, 6.07) is 11.3. The summed E-state index contributed by atoms with van der Waals surface area (Å²) in [5.41, 5.74) is 1.03. The zero-order valence-electron chi connectivity index (χ0n) is 19.1. The lowest BCUT2D eigenvalue weighted by Gasteiger charge is -2.32. The van der Waals surface area contributed by atoms with Crippen molar-refractivity contribution >= 4 is 45.5 Å². The predicted octanol–water partition coefficient (Wildman–Crippen LogP) is 2.64. The number of nitrogens with one attached hydrogen (secondary N) is 1. The molecule has 0 radical (unpaired) electrons. The lowest BCUT2D eigenvalue weighted by molar-refractivity contribution is -0.131. The molecule has 9 nitrogen and oxygen atoms in total. The summed E-state index contributed by atoms with van der Waals surface area (Å²) in [6.45, 7) is 2.43. The molecule has 2 aromatic carbocycles. The highest BCUT2D eigenvalue weighted by Gasteiger charge is 2.36. The van der Waals surface area contributed by atoms with Gasteiger partial charge in [0.15, 0.2) is 0 Å². The van der Waals surface area contributed by atoms with Crippen molar-refractivity contribution in [2.75, 3.05) is 26.2 Å². The molecule has 2 aliphatic heterocycles. The lowest BCUT2D eigenvalue weighted by Crippen LogP contribution is -2.44. The molecule has 0 unspecified atom stereocenters. The summed E-state index contributed by atoms with van der Waals surface area (Å²) in [7, 11) is 0. The van der Waals surface area contributed by atoms with Crippen molar-refractivity contribution in [1.82, 2.24) is 15.1 Å². The summed E-state index contributed by atoms with van der Waals surface area (Å²) >= 11 is 3.29. The number of likely N-dealkylation sites (tertiary alicyclic amines) is 1. The van der Waals surface area contributed by atoms with E-state index in [1.54, 1.807) is 47.4 Å². The average molecular weight is 542 g/mol. The summed E-state index contributed by atoms with van der Waals surface area (Å²) in [4.78, 5) is 64.1. The van der Waals surface area contributed by atoms with Gasteiger partial charge < -0.3 is 15.0 Å². The quantitative estimate of drug-likeness (QED) is 0.341. The fourth-order valence-corrected chi connectivity index (χ4v) is 4.61. The Hall–Kier alpha value is -3.53. The number of imide groups is 1. The topological polar surface area (TPSA) is 113 Å². The first-order chi connectivity index (χ1) is 16.7. The van der Waals surface area contributed by atoms with E-state index < -0.39 is 23.7 Å². The predicted molar refractivity (Wildman–Crippen MR) is 129 cm³/mol. The first-order valence-electron chi connectivity index (χ1n) is 11.2. The van der Waals surface area contributed by atoms with Crippen LogP contribution in [0.2, 0.25) is 0 Å². The van der Waals surface area contributed by atoms with Gasteiger partial charge >= 0.3 is 5.97 Å². The number of nitrogens with zero attached hydrogens (tertiary/aromatic N) is 2. The number of esters is 1. The van der Waals surface area contributed by atoms with E-state index in [4.69, 9.17) is 4.74 Å². The van der Waals surface area contributed by atoms with E-state index in [2.05, 4.69) is 21.2 Å². The van der Waals surface area contributed by atoms with Gasteiger partial charge in [0.05, 0.1) is 11.1 Å². The molecule has 35 heavy (non-hydrogen) atoms. The number of ether oxygens (including phenoxy) is 1. The largest absolute Gasteiger partial charge is 0.427 e. The van der Waals surface area contributed by atoms with Crippen molar-refractivity contribution in [3.63, 3.8) is 0 Å². The maximum Gasteiger partial charge on any atom is 0.308 e. The highest BCUT2D eigenvalue weighted by molar-refractivity contribution is 9.10. The maximum absolute atomic E-state index is 12.8. The van der Waals surface area contributed by atoms with Crippen LogP contribution < -0.4 is 10.1 Å². The summed E-state index contributed by atoms with van der Waals surface area (Å²) < 4.78 is 5.74. The SMILES string of the molecule is CC(=O)Oc1cccc(C(=O)N2CCC(CNC(=O)CN3C(=O)c4ccc(Br)cc4C3=O)CC2)c1. The number of fused-ring (bicyclic) bond motifs is 1. The third-order valence-electron chi connectivity index (χ3n) is 6.07. The fraction of sp³-hybridized carbons (Fsp3) is 0.320. The molecule has 4 rings (SSSR count). The van der Waals surface area contributed by atoms with Crippen LogP contribution in [0.4, 0.5) is 0 Å². The second-order valence-corrected chi connectivity index (χ2v) is 9.46. The Balaban J connectivity index is 1.24. The standard InChI is InChI=1S/C25H24BrN3O6/c1-15(30)35-19-4-2-3-17(11-19)23(32)28-9-7-16(8-10-28)13-27-22(31)14-29-24(33)20-6-5-18(26)12-21(20)25(29)34/h2-6,11-12,16H,7-10,13-14H2,1H3,(H,27,31). The number of hydrogen-bond acceptors (Lipinski definition) is 6. The molecule has 2 aromatic rings. The second-order valence-electron chi connectivity index (χ2n) is 8.55. The first-order valence-corrected chi connectivity index (χ1v) is 12.0. The number of rotatable bonds is 6. The molecular weight excluding hydrogens is 518 g/mol. The van der Waals surface area contributed by atoms with Crippen molar-refractivity contribution in [2.24, 2.45) is 5.92 Å². The van der Waals surface area contributed by atoms with Gasteiger partial charge in [0.1, 0.15) is 12.3 Å². The van der Waals surface area contributed by atoms with Crippen LogP contribution in [-0.4, -0.2) is 65.6 Å². The number of carbonyl (C=O) groups excluding carboxylic acids is 5. The van der Waals surface area contributed by atoms with Gasteiger partial charge in [-0.3, -0.25) is 28.9 Å². The summed E-state index contributed by atoms with van der Waals surface area (Å²) in [6.07, 6.45) is 1.41.